The summed E-state index contributed by atoms with van der Waals surface area (Å²) in [6.07, 6.45) is 1.44. The van der Waals surface area contributed by atoms with E-state index in [4.69, 9.17) is 0 Å². The van der Waals surface area contributed by atoms with Crippen LogP contribution in [0.3, 0.4) is 0 Å². The smallest absolute Gasteiger partial charge is 0.276 e. The van der Waals surface area contributed by atoms with Crippen LogP contribution >= 0.6 is 0 Å². The Kier molecular flexibility index (Phi) is 4.79. The van der Waals surface area contributed by atoms with Crippen LogP contribution in [0.4, 0.5) is 5.69 Å². The van der Waals surface area contributed by atoms with Gasteiger partial charge in [-0.3, -0.25) is 15.0 Å². The Hall–Kier alpha value is -2.82. The van der Waals surface area contributed by atoms with Gasteiger partial charge in [0.1, 0.15) is 6.17 Å². The lowest BCUT2D eigenvalue weighted by atomic mass is 10.1. The lowest BCUT2D eigenvalue weighted by molar-refractivity contribution is -0.125. The molecule has 0 aromatic heterocycles. The Morgan fingerprint density at radius 3 is 2.58 bits per heavy atom. The number of para-hydroxylation sites is 1. The van der Waals surface area contributed by atoms with E-state index in [0.29, 0.717) is 24.8 Å². The van der Waals surface area contributed by atoms with Gasteiger partial charge in [0.05, 0.1) is 5.56 Å². The lowest BCUT2D eigenvalue weighted by Gasteiger charge is -2.37. The van der Waals surface area contributed by atoms with E-state index in [2.05, 4.69) is 10.7 Å². The fraction of sp³-hybridized carbons (Fsp3) is 0.263. The highest BCUT2D eigenvalue weighted by Gasteiger charge is 2.31. The maximum atomic E-state index is 12.7. The van der Waals surface area contributed by atoms with Gasteiger partial charge in [0, 0.05) is 12.1 Å². The second-order valence-electron chi connectivity index (χ2n) is 5.81. The second-order valence-corrected chi connectivity index (χ2v) is 5.81. The number of nitrogens with one attached hydrogen (secondary N) is 2. The molecule has 0 saturated heterocycles. The highest BCUT2D eigenvalue weighted by molar-refractivity contribution is 6.02. The summed E-state index contributed by atoms with van der Waals surface area (Å²) in [5.74, 6) is -0.337. The van der Waals surface area contributed by atoms with Crippen molar-refractivity contribution < 1.29 is 9.59 Å². The summed E-state index contributed by atoms with van der Waals surface area (Å²) in [5, 5.41) is 4.71. The van der Waals surface area contributed by atoms with Crippen LogP contribution < -0.4 is 10.7 Å². The quantitative estimate of drug-likeness (QED) is 0.889. The Labute approximate surface area is 141 Å². The van der Waals surface area contributed by atoms with Crippen molar-refractivity contribution >= 4 is 17.5 Å². The molecule has 1 aliphatic rings. The highest BCUT2D eigenvalue weighted by Crippen LogP contribution is 2.25. The maximum Gasteiger partial charge on any atom is 0.276 e. The van der Waals surface area contributed by atoms with E-state index in [0.717, 1.165) is 11.3 Å². The molecule has 1 aliphatic heterocycles. The van der Waals surface area contributed by atoms with Gasteiger partial charge in [0.15, 0.2) is 0 Å². The molecule has 2 aromatic carbocycles. The average Bonchev–Trinajstić information content (AvgIpc) is 2.63. The minimum Gasteiger partial charge on any atom is -0.363 e. The molecular formula is C19H21N3O2. The van der Waals surface area contributed by atoms with E-state index < -0.39 is 0 Å². The summed E-state index contributed by atoms with van der Waals surface area (Å²) in [6.45, 7) is 1.97. The van der Waals surface area contributed by atoms with Gasteiger partial charge in [-0.05, 0) is 30.5 Å². The summed E-state index contributed by atoms with van der Waals surface area (Å²) in [5.41, 5.74) is 5.25. The van der Waals surface area contributed by atoms with Gasteiger partial charge in [0.25, 0.3) is 5.91 Å². The van der Waals surface area contributed by atoms with Crippen LogP contribution in [0.15, 0.2) is 54.6 Å². The third kappa shape index (κ3) is 3.40. The summed E-state index contributed by atoms with van der Waals surface area (Å²) in [6, 6.07) is 17.2. The topological polar surface area (TPSA) is 61.4 Å². The van der Waals surface area contributed by atoms with Crippen molar-refractivity contribution in [2.45, 2.75) is 32.4 Å². The summed E-state index contributed by atoms with van der Waals surface area (Å²) in [4.78, 5) is 24.9. The van der Waals surface area contributed by atoms with Crippen LogP contribution in [0.5, 0.6) is 0 Å². The molecule has 1 atom stereocenters. The summed E-state index contributed by atoms with van der Waals surface area (Å²) >= 11 is 0. The fourth-order valence-corrected chi connectivity index (χ4v) is 2.82. The zero-order valence-corrected chi connectivity index (χ0v) is 13.7. The molecular weight excluding hydrogens is 302 g/mol. The number of anilines is 1. The van der Waals surface area contributed by atoms with E-state index >= 15 is 0 Å². The number of fused-ring (bicyclic) bond motifs is 1. The third-order valence-electron chi connectivity index (χ3n) is 4.13. The van der Waals surface area contributed by atoms with Crippen molar-refractivity contribution in [1.82, 2.24) is 10.4 Å². The Morgan fingerprint density at radius 2 is 1.83 bits per heavy atom. The Balaban J connectivity index is 1.67. The molecule has 2 N–H and O–H groups in total. The molecule has 24 heavy (non-hydrogen) atoms. The van der Waals surface area contributed by atoms with Crippen molar-refractivity contribution in [3.05, 3.63) is 65.7 Å². The minimum atomic E-state index is -0.243. The van der Waals surface area contributed by atoms with Gasteiger partial charge in [-0.25, -0.2) is 5.01 Å². The Bertz CT molecular complexity index is 730. The van der Waals surface area contributed by atoms with Crippen molar-refractivity contribution in [2.24, 2.45) is 0 Å². The molecule has 5 heteroatoms. The molecule has 1 heterocycles. The van der Waals surface area contributed by atoms with Crippen molar-refractivity contribution in [2.75, 3.05) is 5.32 Å². The minimum absolute atomic E-state index is 0.160. The molecule has 0 saturated carbocycles. The van der Waals surface area contributed by atoms with Crippen molar-refractivity contribution in [3.63, 3.8) is 0 Å². The number of benzene rings is 2. The molecule has 2 aromatic rings. The van der Waals surface area contributed by atoms with Gasteiger partial charge < -0.3 is 5.32 Å². The number of carbonyl (C=O) groups is 2. The number of rotatable bonds is 5. The zero-order valence-electron chi connectivity index (χ0n) is 13.7. The highest BCUT2D eigenvalue weighted by atomic mass is 16.2. The normalized spacial score (nSPS) is 16.3. The molecule has 2 amide bonds. The van der Waals surface area contributed by atoms with Crippen LogP contribution in [-0.4, -0.2) is 23.0 Å². The molecule has 0 spiro atoms. The maximum absolute atomic E-state index is 12.7. The number of aryl methyl sites for hydroxylation is 1. The number of amides is 2. The predicted octanol–water partition coefficient (Wildman–Crippen LogP) is 2.95. The van der Waals surface area contributed by atoms with E-state index in [1.54, 1.807) is 6.07 Å². The van der Waals surface area contributed by atoms with Crippen LogP contribution in [0.25, 0.3) is 0 Å². The van der Waals surface area contributed by atoms with Gasteiger partial charge in [0.2, 0.25) is 5.91 Å². The number of hydrazine groups is 1. The number of hydrogen-bond acceptors (Lipinski definition) is 3. The molecule has 124 valence electrons. The molecule has 0 aliphatic carbocycles. The lowest BCUT2D eigenvalue weighted by Crippen LogP contribution is -2.57. The van der Waals surface area contributed by atoms with Crippen LogP contribution in [0, 0.1) is 0 Å². The van der Waals surface area contributed by atoms with Crippen molar-refractivity contribution in [1.29, 1.82) is 0 Å². The van der Waals surface area contributed by atoms with Gasteiger partial charge in [-0.1, -0.05) is 49.4 Å². The summed E-state index contributed by atoms with van der Waals surface area (Å²) in [7, 11) is 0. The fourth-order valence-electron chi connectivity index (χ4n) is 2.82. The first kappa shape index (κ1) is 16.1. The summed E-state index contributed by atoms with van der Waals surface area (Å²) < 4.78 is 0. The van der Waals surface area contributed by atoms with Gasteiger partial charge >= 0.3 is 0 Å². The van der Waals surface area contributed by atoms with Crippen LogP contribution in [-0.2, 0) is 11.2 Å². The molecule has 5 nitrogen and oxygen atoms in total. The van der Waals surface area contributed by atoms with Crippen LogP contribution in [0.1, 0.15) is 35.7 Å². The number of nitrogens with zero attached hydrogens (tertiary/aromatic N) is 1. The first-order valence-electron chi connectivity index (χ1n) is 8.21. The Morgan fingerprint density at radius 1 is 1.12 bits per heavy atom. The SMILES string of the molecule is CCC1Nc2ccccc2C(=O)N1NC(=O)CCc1ccccc1. The molecule has 0 fully saturated rings. The zero-order chi connectivity index (χ0) is 16.9. The molecule has 0 bridgehead atoms. The van der Waals surface area contributed by atoms with E-state index in [1.807, 2.05) is 55.5 Å². The monoisotopic (exact) mass is 323 g/mol. The second kappa shape index (κ2) is 7.17. The first-order chi connectivity index (χ1) is 11.7. The molecule has 0 radical (unpaired) electrons. The number of carbonyl (C=O) groups excluding carboxylic acids is 2. The van der Waals surface area contributed by atoms with Gasteiger partial charge in [-0.15, -0.1) is 0 Å². The van der Waals surface area contributed by atoms with Gasteiger partial charge in [-0.2, -0.15) is 0 Å². The largest absolute Gasteiger partial charge is 0.363 e. The van der Waals surface area contributed by atoms with E-state index in [1.165, 1.54) is 5.01 Å². The first-order valence-corrected chi connectivity index (χ1v) is 8.21. The van der Waals surface area contributed by atoms with Crippen molar-refractivity contribution in [3.8, 4) is 0 Å². The van der Waals surface area contributed by atoms with E-state index in [-0.39, 0.29) is 18.0 Å². The van der Waals surface area contributed by atoms with Crippen LogP contribution in [0.2, 0.25) is 0 Å². The van der Waals surface area contributed by atoms with E-state index in [9.17, 15) is 9.59 Å². The average molecular weight is 323 g/mol. The number of hydrogen-bond donors (Lipinski definition) is 2. The third-order valence-corrected chi connectivity index (χ3v) is 4.13. The molecule has 3 rings (SSSR count). The predicted molar refractivity (Wildman–Crippen MR) is 93.2 cm³/mol. The molecule has 1 unspecified atom stereocenters. The standard InChI is InChI=1S/C19H21N3O2/c1-2-17-20-16-11-7-6-10-15(16)19(24)22(17)21-18(23)13-12-14-8-4-3-5-9-14/h3-11,17,20H,2,12-13H2,1H3,(H,21,23).